The first-order valence-electron chi connectivity index (χ1n) is 4.98. The molecule has 0 heterocycles. The standard InChI is InChI=1S/C11H17N3O/c1-8-4-5-9(12)7-10(8)14-6-2-3-11(13)15/h4-5,7,14H,2-3,6,12H2,1H3,(H2,13,15). The van der Waals surface area contributed by atoms with Gasteiger partial charge in [0, 0.05) is 24.3 Å². The second-order valence-electron chi connectivity index (χ2n) is 3.57. The number of nitrogens with one attached hydrogen (secondary N) is 1. The van der Waals surface area contributed by atoms with Crippen LogP contribution in [0.15, 0.2) is 18.2 Å². The average Bonchev–Trinajstić information content (AvgIpc) is 2.17. The number of carbonyl (C=O) groups excluding carboxylic acids is 1. The van der Waals surface area contributed by atoms with Crippen molar-refractivity contribution >= 4 is 17.3 Å². The van der Waals surface area contributed by atoms with Gasteiger partial charge in [0.2, 0.25) is 5.91 Å². The molecule has 5 N–H and O–H groups in total. The van der Waals surface area contributed by atoms with Crippen LogP contribution in [-0.2, 0) is 4.79 Å². The molecule has 0 saturated carbocycles. The van der Waals surface area contributed by atoms with Crippen LogP contribution >= 0.6 is 0 Å². The van der Waals surface area contributed by atoms with E-state index in [1.807, 2.05) is 25.1 Å². The summed E-state index contributed by atoms with van der Waals surface area (Å²) in [4.78, 5) is 10.5. The van der Waals surface area contributed by atoms with Gasteiger partial charge in [-0.2, -0.15) is 0 Å². The van der Waals surface area contributed by atoms with Gasteiger partial charge in [-0.15, -0.1) is 0 Å². The molecule has 0 saturated heterocycles. The molecular formula is C11H17N3O. The van der Waals surface area contributed by atoms with Crippen LogP contribution in [0.1, 0.15) is 18.4 Å². The molecule has 0 bridgehead atoms. The maximum Gasteiger partial charge on any atom is 0.217 e. The second kappa shape index (κ2) is 5.24. The van der Waals surface area contributed by atoms with E-state index in [0.717, 1.165) is 29.9 Å². The smallest absolute Gasteiger partial charge is 0.217 e. The Kier molecular flexibility index (Phi) is 3.97. The third-order valence-electron chi connectivity index (χ3n) is 2.18. The average molecular weight is 207 g/mol. The fourth-order valence-electron chi connectivity index (χ4n) is 1.32. The van der Waals surface area contributed by atoms with Gasteiger partial charge >= 0.3 is 0 Å². The van der Waals surface area contributed by atoms with Crippen molar-refractivity contribution in [1.29, 1.82) is 0 Å². The van der Waals surface area contributed by atoms with Crippen molar-refractivity contribution in [2.75, 3.05) is 17.6 Å². The molecule has 0 fully saturated rings. The van der Waals surface area contributed by atoms with Crippen LogP contribution in [0.5, 0.6) is 0 Å². The van der Waals surface area contributed by atoms with E-state index < -0.39 is 0 Å². The van der Waals surface area contributed by atoms with Gasteiger partial charge in [-0.3, -0.25) is 4.79 Å². The molecule has 1 rings (SSSR count). The number of hydrogen-bond donors (Lipinski definition) is 3. The van der Waals surface area contributed by atoms with E-state index in [2.05, 4.69) is 5.32 Å². The van der Waals surface area contributed by atoms with Crippen LogP contribution in [0.3, 0.4) is 0 Å². The molecule has 82 valence electrons. The van der Waals surface area contributed by atoms with Crippen molar-refractivity contribution in [3.05, 3.63) is 23.8 Å². The summed E-state index contributed by atoms with van der Waals surface area (Å²) >= 11 is 0. The molecule has 0 aliphatic heterocycles. The lowest BCUT2D eigenvalue weighted by atomic mass is 10.2. The number of benzene rings is 1. The molecule has 0 radical (unpaired) electrons. The zero-order valence-electron chi connectivity index (χ0n) is 8.92. The summed E-state index contributed by atoms with van der Waals surface area (Å²) in [5.41, 5.74) is 13.6. The molecule has 4 nitrogen and oxygen atoms in total. The molecule has 15 heavy (non-hydrogen) atoms. The van der Waals surface area contributed by atoms with Crippen LogP contribution in [0.2, 0.25) is 0 Å². The number of amides is 1. The molecule has 0 aliphatic rings. The van der Waals surface area contributed by atoms with Crippen LogP contribution in [0.4, 0.5) is 11.4 Å². The lowest BCUT2D eigenvalue weighted by Gasteiger charge is -2.09. The Morgan fingerprint density at radius 1 is 1.47 bits per heavy atom. The highest BCUT2D eigenvalue weighted by atomic mass is 16.1. The zero-order valence-corrected chi connectivity index (χ0v) is 8.92. The number of nitrogens with two attached hydrogens (primary N) is 2. The predicted molar refractivity (Wildman–Crippen MR) is 62.5 cm³/mol. The topological polar surface area (TPSA) is 81.1 Å². The number of aryl methyl sites for hydroxylation is 1. The SMILES string of the molecule is Cc1ccc(N)cc1NCCCC(N)=O. The highest BCUT2D eigenvalue weighted by Gasteiger charge is 1.98. The Morgan fingerprint density at radius 3 is 2.87 bits per heavy atom. The van der Waals surface area contributed by atoms with Crippen molar-refractivity contribution in [3.63, 3.8) is 0 Å². The number of primary amides is 1. The Balaban J connectivity index is 2.43. The maximum absolute atomic E-state index is 10.5. The lowest BCUT2D eigenvalue weighted by Crippen LogP contribution is -2.13. The number of anilines is 2. The zero-order chi connectivity index (χ0) is 11.3. The molecule has 0 unspecified atom stereocenters. The first-order chi connectivity index (χ1) is 7.09. The Labute approximate surface area is 89.6 Å². The Hall–Kier alpha value is -1.71. The van der Waals surface area contributed by atoms with Gasteiger partial charge in [-0.1, -0.05) is 6.07 Å². The van der Waals surface area contributed by atoms with E-state index in [0.29, 0.717) is 6.42 Å². The molecule has 1 amide bonds. The van der Waals surface area contributed by atoms with Gasteiger partial charge < -0.3 is 16.8 Å². The molecule has 0 aromatic heterocycles. The fourth-order valence-corrected chi connectivity index (χ4v) is 1.32. The van der Waals surface area contributed by atoms with Crippen molar-refractivity contribution in [2.45, 2.75) is 19.8 Å². The minimum absolute atomic E-state index is 0.263. The molecular weight excluding hydrogens is 190 g/mol. The summed E-state index contributed by atoms with van der Waals surface area (Å²) in [6.45, 7) is 2.74. The summed E-state index contributed by atoms with van der Waals surface area (Å²) in [6, 6.07) is 5.72. The van der Waals surface area contributed by atoms with E-state index >= 15 is 0 Å². The van der Waals surface area contributed by atoms with Crippen LogP contribution in [0, 0.1) is 6.92 Å². The van der Waals surface area contributed by atoms with E-state index in [1.54, 1.807) is 0 Å². The number of rotatable bonds is 5. The van der Waals surface area contributed by atoms with Gasteiger partial charge in [0.1, 0.15) is 0 Å². The fraction of sp³-hybridized carbons (Fsp3) is 0.364. The van der Waals surface area contributed by atoms with Crippen molar-refractivity contribution < 1.29 is 4.79 Å². The highest BCUT2D eigenvalue weighted by molar-refractivity contribution is 5.73. The van der Waals surface area contributed by atoms with Crippen molar-refractivity contribution in [3.8, 4) is 0 Å². The van der Waals surface area contributed by atoms with Gasteiger partial charge in [0.25, 0.3) is 0 Å². The minimum Gasteiger partial charge on any atom is -0.399 e. The van der Waals surface area contributed by atoms with Crippen LogP contribution in [0.25, 0.3) is 0 Å². The van der Waals surface area contributed by atoms with Gasteiger partial charge in [0.15, 0.2) is 0 Å². The van der Waals surface area contributed by atoms with Crippen molar-refractivity contribution in [2.24, 2.45) is 5.73 Å². The largest absolute Gasteiger partial charge is 0.399 e. The monoisotopic (exact) mass is 207 g/mol. The van der Waals surface area contributed by atoms with Gasteiger partial charge in [-0.25, -0.2) is 0 Å². The number of nitrogen functional groups attached to an aromatic ring is 1. The molecule has 0 aliphatic carbocycles. The number of hydrogen-bond acceptors (Lipinski definition) is 3. The summed E-state index contributed by atoms with van der Waals surface area (Å²) in [5, 5.41) is 3.22. The minimum atomic E-state index is -0.263. The van der Waals surface area contributed by atoms with Gasteiger partial charge in [-0.05, 0) is 31.0 Å². The molecule has 1 aromatic rings. The second-order valence-corrected chi connectivity index (χ2v) is 3.57. The summed E-state index contributed by atoms with van der Waals surface area (Å²) in [5.74, 6) is -0.263. The quantitative estimate of drug-likeness (QED) is 0.502. The van der Waals surface area contributed by atoms with E-state index in [4.69, 9.17) is 11.5 Å². The van der Waals surface area contributed by atoms with E-state index in [-0.39, 0.29) is 5.91 Å². The normalized spacial score (nSPS) is 9.93. The highest BCUT2D eigenvalue weighted by Crippen LogP contribution is 2.17. The molecule has 1 aromatic carbocycles. The predicted octanol–water partition coefficient (Wildman–Crippen LogP) is 1.25. The molecule has 0 spiro atoms. The summed E-state index contributed by atoms with van der Waals surface area (Å²) in [7, 11) is 0. The van der Waals surface area contributed by atoms with Crippen molar-refractivity contribution in [1.82, 2.24) is 0 Å². The van der Waals surface area contributed by atoms with Crippen LogP contribution < -0.4 is 16.8 Å². The molecule has 4 heteroatoms. The van der Waals surface area contributed by atoms with E-state index in [1.165, 1.54) is 0 Å². The molecule has 0 atom stereocenters. The van der Waals surface area contributed by atoms with Crippen LogP contribution in [-0.4, -0.2) is 12.5 Å². The maximum atomic E-state index is 10.5. The van der Waals surface area contributed by atoms with E-state index in [9.17, 15) is 4.79 Å². The summed E-state index contributed by atoms with van der Waals surface area (Å²) < 4.78 is 0. The number of carbonyl (C=O) groups is 1. The first kappa shape index (κ1) is 11.4. The third kappa shape index (κ3) is 3.89. The Bertz CT molecular complexity index is 350. The lowest BCUT2D eigenvalue weighted by molar-refractivity contribution is -0.118. The Morgan fingerprint density at radius 2 is 2.20 bits per heavy atom. The van der Waals surface area contributed by atoms with Gasteiger partial charge in [0.05, 0.1) is 0 Å². The first-order valence-corrected chi connectivity index (χ1v) is 4.98. The summed E-state index contributed by atoms with van der Waals surface area (Å²) in [6.07, 6.45) is 1.15. The third-order valence-corrected chi connectivity index (χ3v) is 2.18.